The summed E-state index contributed by atoms with van der Waals surface area (Å²) in [6.07, 6.45) is 1.85. The first-order valence-corrected chi connectivity index (χ1v) is 12.7. The lowest BCUT2D eigenvalue weighted by Gasteiger charge is -2.44. The third kappa shape index (κ3) is 6.12. The summed E-state index contributed by atoms with van der Waals surface area (Å²) < 4.78 is 16.7. The monoisotopic (exact) mass is 500 g/mol. The molecule has 0 unspecified atom stereocenters. The molecule has 7 nitrogen and oxygen atoms in total. The second-order valence-corrected chi connectivity index (χ2v) is 9.60. The Kier molecular flexibility index (Phi) is 7.70. The van der Waals surface area contributed by atoms with E-state index >= 15 is 0 Å². The van der Waals surface area contributed by atoms with Crippen LogP contribution in [0.4, 0.5) is 10.5 Å². The molecule has 192 valence electrons. The summed E-state index contributed by atoms with van der Waals surface area (Å²) in [6.45, 7) is 3.82. The maximum Gasteiger partial charge on any atom is 0.414 e. The van der Waals surface area contributed by atoms with Gasteiger partial charge >= 0.3 is 12.1 Å². The van der Waals surface area contributed by atoms with E-state index in [-0.39, 0.29) is 18.2 Å². The third-order valence-corrected chi connectivity index (χ3v) is 7.18. The molecule has 0 spiro atoms. The Balaban J connectivity index is 1.22. The molecule has 7 heteroatoms. The molecule has 0 saturated carbocycles. The predicted molar refractivity (Wildman–Crippen MR) is 141 cm³/mol. The van der Waals surface area contributed by atoms with Gasteiger partial charge in [0, 0.05) is 12.2 Å². The van der Waals surface area contributed by atoms with Crippen LogP contribution < -0.4 is 9.64 Å². The number of anilines is 1. The smallest absolute Gasteiger partial charge is 0.414 e. The van der Waals surface area contributed by atoms with E-state index in [1.165, 1.54) is 7.11 Å². The zero-order chi connectivity index (χ0) is 25.6. The molecule has 6 rings (SSSR count). The average Bonchev–Trinajstić information content (AvgIpc) is 2.96. The van der Waals surface area contributed by atoms with Gasteiger partial charge in [-0.05, 0) is 79.4 Å². The Morgan fingerprint density at radius 1 is 0.892 bits per heavy atom. The van der Waals surface area contributed by atoms with Crippen LogP contribution in [0.1, 0.15) is 34.3 Å². The summed E-state index contributed by atoms with van der Waals surface area (Å²) in [5, 5.41) is 0. The molecular formula is C30H32N2O5. The van der Waals surface area contributed by atoms with Gasteiger partial charge in [0.15, 0.2) is 0 Å². The molecule has 1 amide bonds. The number of piperidine rings is 3. The standard InChI is InChI=1S/C30H32N2O5/c1-35-29(33)25-11-7-23(8-12-25)21-36-27-13-9-22(10-14-27)19-32(26-5-3-2-4-6-26)30(34)37-28-20-31-17-15-24(28)16-18-31/h2-14,24,28H,15-21H2,1H3/t28-/m0/s1. The van der Waals surface area contributed by atoms with Crippen molar-refractivity contribution in [3.63, 3.8) is 0 Å². The van der Waals surface area contributed by atoms with E-state index in [1.807, 2.05) is 66.7 Å². The number of amides is 1. The summed E-state index contributed by atoms with van der Waals surface area (Å²) in [4.78, 5) is 29.0. The van der Waals surface area contributed by atoms with Crippen LogP contribution in [0.3, 0.4) is 0 Å². The largest absolute Gasteiger partial charge is 0.489 e. The van der Waals surface area contributed by atoms with Crippen LogP contribution in [0.25, 0.3) is 0 Å². The van der Waals surface area contributed by atoms with Crippen molar-refractivity contribution in [2.24, 2.45) is 5.92 Å². The maximum absolute atomic E-state index is 13.3. The molecule has 0 aliphatic carbocycles. The number of hydrogen-bond donors (Lipinski definition) is 0. The van der Waals surface area contributed by atoms with Gasteiger partial charge in [-0.15, -0.1) is 0 Å². The van der Waals surface area contributed by atoms with Crippen molar-refractivity contribution in [2.45, 2.75) is 32.1 Å². The van der Waals surface area contributed by atoms with Gasteiger partial charge in [0.05, 0.1) is 19.2 Å². The fourth-order valence-electron chi connectivity index (χ4n) is 5.00. The van der Waals surface area contributed by atoms with E-state index < -0.39 is 0 Å². The van der Waals surface area contributed by atoms with E-state index in [4.69, 9.17) is 14.2 Å². The maximum atomic E-state index is 13.3. The van der Waals surface area contributed by atoms with Crippen molar-refractivity contribution in [3.8, 4) is 5.75 Å². The van der Waals surface area contributed by atoms with Gasteiger partial charge in [-0.25, -0.2) is 9.59 Å². The van der Waals surface area contributed by atoms with Gasteiger partial charge in [0.2, 0.25) is 0 Å². The lowest BCUT2D eigenvalue weighted by molar-refractivity contribution is -0.0311. The molecule has 1 atom stereocenters. The Morgan fingerprint density at radius 3 is 2.19 bits per heavy atom. The quantitative estimate of drug-likeness (QED) is 0.392. The van der Waals surface area contributed by atoms with E-state index in [9.17, 15) is 9.59 Å². The second kappa shape index (κ2) is 11.5. The van der Waals surface area contributed by atoms with E-state index in [1.54, 1.807) is 17.0 Å². The minimum Gasteiger partial charge on any atom is -0.489 e. The molecule has 3 aromatic carbocycles. The summed E-state index contributed by atoms with van der Waals surface area (Å²) in [5.41, 5.74) is 3.24. The minimum atomic E-state index is -0.361. The number of carbonyl (C=O) groups is 2. The molecule has 3 saturated heterocycles. The topological polar surface area (TPSA) is 68.3 Å². The number of benzene rings is 3. The molecule has 0 radical (unpaired) electrons. The van der Waals surface area contributed by atoms with Crippen molar-refractivity contribution in [1.29, 1.82) is 0 Å². The first kappa shape index (κ1) is 24.8. The van der Waals surface area contributed by atoms with Crippen molar-refractivity contribution < 1.29 is 23.8 Å². The Bertz CT molecular complexity index is 1190. The highest BCUT2D eigenvalue weighted by Gasteiger charge is 2.37. The zero-order valence-electron chi connectivity index (χ0n) is 21.0. The molecule has 37 heavy (non-hydrogen) atoms. The minimum absolute atomic E-state index is 0.0429. The van der Waals surface area contributed by atoms with Gasteiger partial charge in [0.25, 0.3) is 0 Å². The normalized spacial score (nSPS) is 20.2. The average molecular weight is 501 g/mol. The summed E-state index contributed by atoms with van der Waals surface area (Å²) >= 11 is 0. The number of esters is 1. The van der Waals surface area contributed by atoms with Crippen molar-refractivity contribution in [2.75, 3.05) is 31.6 Å². The highest BCUT2D eigenvalue weighted by atomic mass is 16.6. The number of para-hydroxylation sites is 1. The first-order valence-electron chi connectivity index (χ1n) is 12.7. The molecule has 3 aliphatic heterocycles. The van der Waals surface area contributed by atoms with E-state index in [0.29, 0.717) is 24.6 Å². The van der Waals surface area contributed by atoms with Gasteiger partial charge < -0.3 is 14.2 Å². The first-order chi connectivity index (χ1) is 18.1. The highest BCUT2D eigenvalue weighted by molar-refractivity contribution is 5.89. The van der Waals surface area contributed by atoms with Gasteiger partial charge in [-0.3, -0.25) is 9.80 Å². The van der Waals surface area contributed by atoms with Crippen LogP contribution in [0, 0.1) is 5.92 Å². The van der Waals surface area contributed by atoms with Gasteiger partial charge in [-0.1, -0.05) is 42.5 Å². The lowest BCUT2D eigenvalue weighted by atomic mass is 9.86. The molecule has 0 aromatic heterocycles. The van der Waals surface area contributed by atoms with Crippen LogP contribution in [-0.4, -0.2) is 49.8 Å². The fourth-order valence-corrected chi connectivity index (χ4v) is 5.00. The van der Waals surface area contributed by atoms with Crippen molar-refractivity contribution in [1.82, 2.24) is 4.90 Å². The number of nitrogens with zero attached hydrogens (tertiary/aromatic N) is 2. The Hall–Kier alpha value is -3.84. The molecule has 3 aliphatic rings. The van der Waals surface area contributed by atoms with Crippen molar-refractivity contribution in [3.05, 3.63) is 95.6 Å². The molecule has 3 aromatic rings. The van der Waals surface area contributed by atoms with Gasteiger partial charge in [0.1, 0.15) is 18.5 Å². The van der Waals surface area contributed by atoms with Crippen LogP contribution in [0.5, 0.6) is 5.75 Å². The van der Waals surface area contributed by atoms with Gasteiger partial charge in [-0.2, -0.15) is 0 Å². The lowest BCUT2D eigenvalue weighted by Crippen LogP contribution is -2.53. The van der Waals surface area contributed by atoms with E-state index in [0.717, 1.165) is 55.0 Å². The summed E-state index contributed by atoms with van der Waals surface area (Å²) in [5.74, 6) is 0.821. The molecule has 3 heterocycles. The third-order valence-electron chi connectivity index (χ3n) is 7.18. The van der Waals surface area contributed by atoms with Crippen LogP contribution in [0.15, 0.2) is 78.9 Å². The number of hydrogen-bond acceptors (Lipinski definition) is 6. The second-order valence-electron chi connectivity index (χ2n) is 9.60. The summed E-state index contributed by atoms with van der Waals surface area (Å²) in [6, 6.07) is 24.5. The predicted octanol–water partition coefficient (Wildman–Crippen LogP) is 5.29. The number of methoxy groups -OCH3 is 1. The molecule has 0 N–H and O–H groups in total. The number of rotatable bonds is 8. The van der Waals surface area contributed by atoms with Crippen LogP contribution >= 0.6 is 0 Å². The summed E-state index contributed by atoms with van der Waals surface area (Å²) in [7, 11) is 1.36. The number of fused-ring (bicyclic) bond motifs is 3. The Labute approximate surface area is 217 Å². The molecule has 2 bridgehead atoms. The van der Waals surface area contributed by atoms with Crippen LogP contribution in [-0.2, 0) is 22.6 Å². The highest BCUT2D eigenvalue weighted by Crippen LogP contribution is 2.31. The fraction of sp³-hybridized carbons (Fsp3) is 0.333. The Morgan fingerprint density at radius 2 is 1.57 bits per heavy atom. The number of ether oxygens (including phenoxy) is 3. The number of carbonyl (C=O) groups excluding carboxylic acids is 2. The van der Waals surface area contributed by atoms with E-state index in [2.05, 4.69) is 4.90 Å². The SMILES string of the molecule is COC(=O)c1ccc(COc2ccc(CN(C(=O)O[C@H]3CN4CCC3CC4)c3ccccc3)cc2)cc1. The zero-order valence-corrected chi connectivity index (χ0v) is 21.0. The van der Waals surface area contributed by atoms with Crippen molar-refractivity contribution >= 4 is 17.7 Å². The molecular weight excluding hydrogens is 468 g/mol. The van der Waals surface area contributed by atoms with Crippen LogP contribution in [0.2, 0.25) is 0 Å². The molecule has 3 fully saturated rings.